The number of rotatable bonds is 11. The highest BCUT2D eigenvalue weighted by Gasteiger charge is 2.21. The summed E-state index contributed by atoms with van der Waals surface area (Å²) in [6.45, 7) is 0.310. The second-order valence-electron chi connectivity index (χ2n) is 8.93. The van der Waals surface area contributed by atoms with E-state index in [2.05, 4.69) is 20.9 Å². The van der Waals surface area contributed by atoms with E-state index >= 15 is 0 Å². The number of amides is 2. The lowest BCUT2D eigenvalue weighted by atomic mass is 10.0. The van der Waals surface area contributed by atoms with Crippen molar-refractivity contribution in [3.05, 3.63) is 101 Å². The highest BCUT2D eigenvalue weighted by atomic mass is 32.1. The topological polar surface area (TPSA) is 125 Å². The van der Waals surface area contributed by atoms with E-state index in [4.69, 9.17) is 14.9 Å². The number of thiazole rings is 1. The fourth-order valence-corrected chi connectivity index (χ4v) is 4.76. The zero-order valence-corrected chi connectivity index (χ0v) is 23.1. The largest absolute Gasteiger partial charge is 0.493 e. The molecule has 0 aliphatic carbocycles. The molecule has 9 nitrogen and oxygen atoms in total. The zero-order chi connectivity index (χ0) is 28.3. The predicted molar refractivity (Wildman–Crippen MR) is 156 cm³/mol. The first-order chi connectivity index (χ1) is 19.4. The lowest BCUT2D eigenvalue weighted by Crippen LogP contribution is -2.52. The van der Waals surface area contributed by atoms with E-state index in [1.807, 2.05) is 60.0 Å². The molecule has 4 aromatic rings. The minimum absolute atomic E-state index is 0.0232. The van der Waals surface area contributed by atoms with Gasteiger partial charge in [-0.05, 0) is 34.9 Å². The van der Waals surface area contributed by atoms with Crippen molar-refractivity contribution in [1.82, 2.24) is 20.9 Å². The second-order valence-corrected chi connectivity index (χ2v) is 9.83. The molecule has 0 spiro atoms. The van der Waals surface area contributed by atoms with Crippen LogP contribution >= 0.6 is 11.3 Å². The molecule has 0 saturated heterocycles. The van der Waals surface area contributed by atoms with Crippen molar-refractivity contribution in [3.63, 3.8) is 0 Å². The van der Waals surface area contributed by atoms with Crippen molar-refractivity contribution in [3.8, 4) is 22.1 Å². The van der Waals surface area contributed by atoms with Crippen molar-refractivity contribution in [2.75, 3.05) is 14.2 Å². The predicted octanol–water partition coefficient (Wildman–Crippen LogP) is 3.94. The second kappa shape index (κ2) is 13.9. The average molecular weight is 558 g/mol. The Balaban J connectivity index is 1.38. The van der Waals surface area contributed by atoms with Crippen LogP contribution in [0.3, 0.4) is 0 Å². The quantitative estimate of drug-likeness (QED) is 0.164. The molecule has 0 aliphatic heterocycles. The summed E-state index contributed by atoms with van der Waals surface area (Å²) in [5.41, 5.74) is 3.53. The van der Waals surface area contributed by atoms with Crippen molar-refractivity contribution >= 4 is 29.1 Å². The maximum absolute atomic E-state index is 13.3. The summed E-state index contributed by atoms with van der Waals surface area (Å²) in [5, 5.41) is 19.6. The molecule has 1 aromatic heterocycles. The van der Waals surface area contributed by atoms with Gasteiger partial charge in [-0.25, -0.2) is 4.98 Å². The van der Waals surface area contributed by atoms with Gasteiger partial charge in [-0.3, -0.25) is 20.3 Å². The number of hydrogen-bond donors (Lipinski definition) is 4. The summed E-state index contributed by atoms with van der Waals surface area (Å²) in [5.74, 6) is 0.126. The molecule has 0 aliphatic rings. The summed E-state index contributed by atoms with van der Waals surface area (Å²) >= 11 is 1.55. The van der Waals surface area contributed by atoms with Crippen LogP contribution in [0.25, 0.3) is 10.6 Å². The Labute approximate surface area is 237 Å². The number of nitrogens with zero attached hydrogens (tertiary/aromatic N) is 1. The molecule has 4 rings (SSSR count). The number of methoxy groups -OCH3 is 2. The number of hydrogen-bond acceptors (Lipinski definition) is 7. The first kappa shape index (κ1) is 28.3. The Morgan fingerprint density at radius 2 is 1.70 bits per heavy atom. The number of carbonyl (C=O) groups is 2. The van der Waals surface area contributed by atoms with E-state index in [1.54, 1.807) is 42.8 Å². The van der Waals surface area contributed by atoms with Gasteiger partial charge in [-0.15, -0.1) is 11.3 Å². The van der Waals surface area contributed by atoms with Crippen LogP contribution in [0.5, 0.6) is 11.5 Å². The van der Waals surface area contributed by atoms with Gasteiger partial charge < -0.3 is 20.1 Å². The van der Waals surface area contributed by atoms with Crippen molar-refractivity contribution in [2.24, 2.45) is 0 Å². The monoisotopic (exact) mass is 557 g/mol. The number of benzene rings is 3. The van der Waals surface area contributed by atoms with Gasteiger partial charge in [0.05, 0.1) is 20.6 Å². The minimum atomic E-state index is -0.779. The van der Waals surface area contributed by atoms with E-state index < -0.39 is 11.9 Å². The van der Waals surface area contributed by atoms with Crippen molar-refractivity contribution < 1.29 is 19.1 Å². The van der Waals surface area contributed by atoms with Gasteiger partial charge in [0.2, 0.25) is 11.8 Å². The van der Waals surface area contributed by atoms with Gasteiger partial charge >= 0.3 is 0 Å². The number of aromatic nitrogens is 1. The van der Waals surface area contributed by atoms with E-state index in [-0.39, 0.29) is 18.3 Å². The average Bonchev–Trinajstić information content (AvgIpc) is 3.51. The maximum atomic E-state index is 13.3. The molecule has 40 heavy (non-hydrogen) atoms. The van der Waals surface area contributed by atoms with Gasteiger partial charge in [0.25, 0.3) is 0 Å². The molecule has 0 bridgehead atoms. The fraction of sp³-hybridized carbons (Fsp3) is 0.200. The van der Waals surface area contributed by atoms with Crippen molar-refractivity contribution in [2.45, 2.75) is 25.4 Å². The standard InChI is InChI=1S/C30H31N5O4S/c1-38-25-12-11-21(17-26(25)39-2)18-27(36)35-30(31)34-24(16-20-7-4-3-5-8-20)28(37)33-19-22-9-6-10-23(15-22)29-32-13-14-40-29/h3-15,17,24H,16,18-19H2,1-2H3,(H,33,37)(H3,31,34,35,36)/t24-/m1/s1. The molecule has 10 heteroatoms. The van der Waals surface area contributed by atoms with Crippen LogP contribution in [0, 0.1) is 5.41 Å². The molecular weight excluding hydrogens is 526 g/mol. The first-order valence-corrected chi connectivity index (χ1v) is 13.5. The van der Waals surface area contributed by atoms with Gasteiger partial charge in [-0.1, -0.05) is 54.6 Å². The van der Waals surface area contributed by atoms with E-state index in [0.29, 0.717) is 30.0 Å². The summed E-state index contributed by atoms with van der Waals surface area (Å²) in [6, 6.07) is 21.8. The third-order valence-corrected chi connectivity index (χ3v) is 6.89. The van der Waals surface area contributed by atoms with Crippen LogP contribution in [0.1, 0.15) is 16.7 Å². The Bertz CT molecular complexity index is 1440. The minimum Gasteiger partial charge on any atom is -0.493 e. The molecular formula is C30H31N5O4S. The van der Waals surface area contributed by atoms with Gasteiger partial charge in [0.15, 0.2) is 17.5 Å². The Morgan fingerprint density at radius 1 is 0.925 bits per heavy atom. The van der Waals surface area contributed by atoms with Crippen molar-refractivity contribution in [1.29, 1.82) is 5.41 Å². The Morgan fingerprint density at radius 3 is 2.42 bits per heavy atom. The zero-order valence-electron chi connectivity index (χ0n) is 22.3. The normalized spacial score (nSPS) is 11.2. The molecule has 206 valence electrons. The van der Waals surface area contributed by atoms with Crippen LogP contribution in [0.2, 0.25) is 0 Å². The van der Waals surface area contributed by atoms with E-state index in [9.17, 15) is 9.59 Å². The van der Waals surface area contributed by atoms with Crippen LogP contribution in [-0.2, 0) is 29.0 Å². The molecule has 1 atom stereocenters. The van der Waals surface area contributed by atoms with Crippen LogP contribution < -0.4 is 25.4 Å². The molecule has 0 radical (unpaired) electrons. The number of ether oxygens (including phenoxy) is 2. The maximum Gasteiger partial charge on any atom is 0.243 e. The van der Waals surface area contributed by atoms with Gasteiger partial charge in [-0.2, -0.15) is 0 Å². The van der Waals surface area contributed by atoms with Crippen LogP contribution in [-0.4, -0.2) is 43.0 Å². The van der Waals surface area contributed by atoms with Crippen LogP contribution in [0.15, 0.2) is 84.4 Å². The smallest absolute Gasteiger partial charge is 0.243 e. The van der Waals surface area contributed by atoms with Gasteiger partial charge in [0.1, 0.15) is 11.0 Å². The van der Waals surface area contributed by atoms with Crippen LogP contribution in [0.4, 0.5) is 0 Å². The third-order valence-electron chi connectivity index (χ3n) is 6.07. The van der Waals surface area contributed by atoms with Gasteiger partial charge in [0, 0.05) is 30.1 Å². The molecule has 0 fully saturated rings. The highest BCUT2D eigenvalue weighted by molar-refractivity contribution is 7.13. The summed E-state index contributed by atoms with van der Waals surface area (Å²) in [7, 11) is 3.07. The summed E-state index contributed by atoms with van der Waals surface area (Å²) in [6.07, 6.45) is 2.12. The summed E-state index contributed by atoms with van der Waals surface area (Å²) in [4.78, 5) is 30.3. The number of guanidine groups is 1. The molecule has 0 saturated carbocycles. The molecule has 0 unspecified atom stereocenters. The lowest BCUT2D eigenvalue weighted by Gasteiger charge is -2.20. The molecule has 2 amide bonds. The Hall–Kier alpha value is -4.70. The molecule has 1 heterocycles. The lowest BCUT2D eigenvalue weighted by molar-refractivity contribution is -0.123. The fourth-order valence-electron chi connectivity index (χ4n) is 4.12. The first-order valence-electron chi connectivity index (χ1n) is 12.6. The molecule has 3 aromatic carbocycles. The number of carbonyl (C=O) groups excluding carboxylic acids is 2. The third kappa shape index (κ3) is 7.90. The summed E-state index contributed by atoms with van der Waals surface area (Å²) < 4.78 is 10.5. The van der Waals surface area contributed by atoms with E-state index in [0.717, 1.165) is 21.7 Å². The number of nitrogens with one attached hydrogen (secondary N) is 4. The Kier molecular flexibility index (Phi) is 9.84. The highest BCUT2D eigenvalue weighted by Crippen LogP contribution is 2.27. The van der Waals surface area contributed by atoms with E-state index in [1.165, 1.54) is 7.11 Å². The molecule has 4 N–H and O–H groups in total. The SMILES string of the molecule is COc1ccc(CC(=O)NC(=N)N[C@H](Cc2ccccc2)C(=O)NCc2cccc(-c3nccs3)c2)cc1OC.